The maximum Gasteiger partial charge on any atom is 0.224 e. The minimum Gasteiger partial charge on any atom is -0.333 e. The fourth-order valence-electron chi connectivity index (χ4n) is 2.99. The zero-order valence-electron chi connectivity index (χ0n) is 18.7. The van der Waals surface area contributed by atoms with Gasteiger partial charge in [0.25, 0.3) is 0 Å². The largest absolute Gasteiger partial charge is 0.333 e. The molecule has 3 aromatic rings. The molecule has 0 aliphatic heterocycles. The molecule has 166 valence electrons. The van der Waals surface area contributed by atoms with Crippen LogP contribution < -0.4 is 5.32 Å². The summed E-state index contributed by atoms with van der Waals surface area (Å²) in [5, 5.41) is 5.78. The van der Waals surface area contributed by atoms with E-state index in [0.29, 0.717) is 16.9 Å². The van der Waals surface area contributed by atoms with E-state index in [9.17, 15) is 4.79 Å². The first kappa shape index (κ1) is 24.0. The van der Waals surface area contributed by atoms with Gasteiger partial charge < -0.3 is 10.3 Å². The molecule has 0 spiro atoms. The van der Waals surface area contributed by atoms with Gasteiger partial charge in [0.1, 0.15) is 5.03 Å². The summed E-state index contributed by atoms with van der Waals surface area (Å²) in [6.45, 7) is 10.6. The smallest absolute Gasteiger partial charge is 0.224 e. The number of aromatic amines is 1. The lowest BCUT2D eigenvalue weighted by atomic mass is 10.3. The summed E-state index contributed by atoms with van der Waals surface area (Å²) in [5.41, 5.74) is 3.85. The Kier molecular flexibility index (Phi) is 8.75. The number of carbonyl (C=O) groups is 1. The maximum atomic E-state index is 12.7. The molecule has 5 nitrogen and oxygen atoms in total. The van der Waals surface area contributed by atoms with Crippen molar-refractivity contribution in [2.45, 2.75) is 73.0 Å². The number of amides is 1. The summed E-state index contributed by atoms with van der Waals surface area (Å²) in [7, 11) is 0. The van der Waals surface area contributed by atoms with E-state index in [4.69, 9.17) is 4.98 Å². The number of anilines is 1. The van der Waals surface area contributed by atoms with Gasteiger partial charge in [-0.2, -0.15) is 0 Å². The van der Waals surface area contributed by atoms with Gasteiger partial charge in [-0.15, -0.1) is 23.5 Å². The number of rotatable bonds is 10. The molecule has 2 heterocycles. The Bertz CT molecular complexity index is 969. The number of hydrogen-bond acceptors (Lipinski definition) is 6. The minimum absolute atomic E-state index is 0.0343. The van der Waals surface area contributed by atoms with E-state index < -0.39 is 0 Å². The number of pyridine rings is 1. The lowest BCUT2D eigenvalue weighted by Gasteiger charge is -2.18. The number of hydrogen-bond donors (Lipinski definition) is 2. The van der Waals surface area contributed by atoms with Crippen LogP contribution in [0, 0.1) is 6.92 Å². The predicted octanol–water partition coefficient (Wildman–Crippen LogP) is 6.78. The highest BCUT2D eigenvalue weighted by Crippen LogP contribution is 2.38. The minimum atomic E-state index is 0.0343. The van der Waals surface area contributed by atoms with Gasteiger partial charge in [0.15, 0.2) is 5.16 Å². The fourth-order valence-corrected chi connectivity index (χ4v) is 5.81. The molecule has 8 heteroatoms. The zero-order chi connectivity index (χ0) is 22.4. The molecule has 0 atom stereocenters. The Balaban J connectivity index is 1.60. The molecule has 31 heavy (non-hydrogen) atoms. The second kappa shape index (κ2) is 11.3. The summed E-state index contributed by atoms with van der Waals surface area (Å²) >= 11 is 5.11. The van der Waals surface area contributed by atoms with Gasteiger partial charge in [-0.25, -0.2) is 9.97 Å². The van der Waals surface area contributed by atoms with Crippen LogP contribution in [-0.4, -0.2) is 37.1 Å². The van der Waals surface area contributed by atoms with Gasteiger partial charge in [-0.1, -0.05) is 51.6 Å². The summed E-state index contributed by atoms with van der Waals surface area (Å²) in [4.78, 5) is 26.4. The predicted molar refractivity (Wildman–Crippen MR) is 136 cm³/mol. The molecule has 1 aromatic carbocycles. The third-order valence-electron chi connectivity index (χ3n) is 4.21. The summed E-state index contributed by atoms with van der Waals surface area (Å²) in [5.74, 6) is 0.868. The Labute approximate surface area is 197 Å². The first-order chi connectivity index (χ1) is 14.8. The van der Waals surface area contributed by atoms with Crippen molar-refractivity contribution < 1.29 is 4.79 Å². The van der Waals surface area contributed by atoms with Crippen molar-refractivity contribution >= 4 is 57.9 Å². The molecule has 0 bridgehead atoms. The van der Waals surface area contributed by atoms with E-state index in [2.05, 4.69) is 49.0 Å². The van der Waals surface area contributed by atoms with Gasteiger partial charge in [0.2, 0.25) is 5.91 Å². The molecule has 0 fully saturated rings. The number of aryl methyl sites for hydroxylation is 1. The quantitative estimate of drug-likeness (QED) is 0.249. The van der Waals surface area contributed by atoms with Crippen molar-refractivity contribution in [1.82, 2.24) is 15.0 Å². The van der Waals surface area contributed by atoms with Gasteiger partial charge in [0, 0.05) is 33.3 Å². The number of para-hydroxylation sites is 2. The van der Waals surface area contributed by atoms with Crippen molar-refractivity contribution in [2.75, 3.05) is 11.1 Å². The molecular formula is C23H30N4OS3. The molecule has 0 unspecified atom stereocenters. The van der Waals surface area contributed by atoms with Crippen LogP contribution in [0.4, 0.5) is 5.69 Å². The lowest BCUT2D eigenvalue weighted by Crippen LogP contribution is -2.14. The van der Waals surface area contributed by atoms with E-state index in [-0.39, 0.29) is 5.91 Å². The van der Waals surface area contributed by atoms with E-state index in [1.54, 1.807) is 35.3 Å². The highest BCUT2D eigenvalue weighted by Gasteiger charge is 2.17. The number of nitrogens with zero attached hydrogens (tertiary/aromatic N) is 2. The lowest BCUT2D eigenvalue weighted by molar-refractivity contribution is -0.116. The number of imidazole rings is 1. The number of H-pyrrole nitrogens is 1. The Morgan fingerprint density at radius 2 is 1.84 bits per heavy atom. The van der Waals surface area contributed by atoms with Crippen LogP contribution in [-0.2, 0) is 4.79 Å². The number of benzene rings is 1. The van der Waals surface area contributed by atoms with Crippen LogP contribution in [0.1, 0.15) is 46.2 Å². The second-order valence-electron chi connectivity index (χ2n) is 7.83. The van der Waals surface area contributed by atoms with Crippen molar-refractivity contribution in [3.8, 4) is 0 Å². The van der Waals surface area contributed by atoms with Crippen molar-refractivity contribution in [2.24, 2.45) is 0 Å². The van der Waals surface area contributed by atoms with Crippen LogP contribution in [0.15, 0.2) is 45.4 Å². The molecule has 0 aliphatic carbocycles. The van der Waals surface area contributed by atoms with E-state index in [1.165, 1.54) is 0 Å². The molecule has 0 saturated heterocycles. The van der Waals surface area contributed by atoms with Gasteiger partial charge in [0.05, 0.1) is 16.7 Å². The van der Waals surface area contributed by atoms with Crippen LogP contribution in [0.3, 0.4) is 0 Å². The molecular weight excluding hydrogens is 444 g/mol. The molecule has 3 rings (SSSR count). The molecule has 1 amide bonds. The van der Waals surface area contributed by atoms with E-state index in [1.807, 2.05) is 31.2 Å². The Morgan fingerprint density at radius 1 is 1.10 bits per heavy atom. The molecule has 2 aromatic heterocycles. The van der Waals surface area contributed by atoms with Crippen LogP contribution >= 0.6 is 35.3 Å². The first-order valence-electron chi connectivity index (χ1n) is 10.5. The summed E-state index contributed by atoms with van der Waals surface area (Å²) in [6.07, 6.45) is 1.25. The topological polar surface area (TPSA) is 70.7 Å². The Hall–Kier alpha value is -1.64. The third-order valence-corrected chi connectivity index (χ3v) is 7.20. The summed E-state index contributed by atoms with van der Waals surface area (Å²) < 4.78 is 0. The maximum absolute atomic E-state index is 12.7. The number of thioether (sulfide) groups is 3. The van der Waals surface area contributed by atoms with Crippen molar-refractivity contribution in [1.29, 1.82) is 0 Å². The average Bonchev–Trinajstić information content (AvgIpc) is 3.10. The molecule has 2 N–H and O–H groups in total. The van der Waals surface area contributed by atoms with Gasteiger partial charge in [-0.3, -0.25) is 4.79 Å². The highest BCUT2D eigenvalue weighted by molar-refractivity contribution is 8.01. The zero-order valence-corrected chi connectivity index (χ0v) is 21.1. The van der Waals surface area contributed by atoms with Gasteiger partial charge >= 0.3 is 0 Å². The standard InChI is InChI=1S/C23H30N4OS3/c1-14(2)30-19-13-16(5)24-22(31-15(3)4)21(19)27-20(28)11-8-12-29-23-25-17-9-6-7-10-18(17)26-23/h6-7,9-10,13-15H,8,11-12H2,1-5H3,(H,25,26)(H,27,28). The van der Waals surface area contributed by atoms with Crippen LogP contribution in [0.5, 0.6) is 0 Å². The fraction of sp³-hybridized carbons (Fsp3) is 0.435. The van der Waals surface area contributed by atoms with E-state index in [0.717, 1.165) is 49.7 Å². The SMILES string of the molecule is Cc1cc(SC(C)C)c(NC(=O)CCCSc2nc3ccccc3[nH]2)c(SC(C)C)n1. The molecule has 0 saturated carbocycles. The number of aromatic nitrogens is 3. The number of carbonyl (C=O) groups excluding carboxylic acids is 1. The third kappa shape index (κ3) is 7.19. The first-order valence-corrected chi connectivity index (χ1v) is 13.3. The molecule has 0 aliphatic rings. The second-order valence-corrected chi connectivity index (χ2v) is 12.1. The van der Waals surface area contributed by atoms with E-state index >= 15 is 0 Å². The highest BCUT2D eigenvalue weighted by atomic mass is 32.2. The van der Waals surface area contributed by atoms with Gasteiger partial charge in [-0.05, 0) is 31.5 Å². The van der Waals surface area contributed by atoms with Crippen molar-refractivity contribution in [3.63, 3.8) is 0 Å². The monoisotopic (exact) mass is 474 g/mol. The molecule has 0 radical (unpaired) electrons. The van der Waals surface area contributed by atoms with Crippen molar-refractivity contribution in [3.05, 3.63) is 36.0 Å². The van der Waals surface area contributed by atoms with Crippen LogP contribution in [0.2, 0.25) is 0 Å². The van der Waals surface area contributed by atoms with Crippen LogP contribution in [0.25, 0.3) is 11.0 Å². The number of nitrogens with one attached hydrogen (secondary N) is 2. The summed E-state index contributed by atoms with van der Waals surface area (Å²) in [6, 6.07) is 10.1. The average molecular weight is 475 g/mol. The number of fused-ring (bicyclic) bond motifs is 1. The Morgan fingerprint density at radius 3 is 2.55 bits per heavy atom. The normalized spacial score (nSPS) is 11.6.